The first-order valence-electron chi connectivity index (χ1n) is 7.25. The Morgan fingerprint density at radius 2 is 1.88 bits per heavy atom. The van der Waals surface area contributed by atoms with Crippen LogP contribution < -0.4 is 0 Å². The first-order chi connectivity index (χ1) is 11.9. The van der Waals surface area contributed by atoms with Gasteiger partial charge in [-0.1, -0.05) is 35.4 Å². The molecule has 0 radical (unpaired) electrons. The normalized spacial score (nSPS) is 10.4. The molecule has 128 valence electrons. The van der Waals surface area contributed by atoms with Gasteiger partial charge in [0, 0.05) is 6.20 Å². The highest BCUT2D eigenvalue weighted by atomic mass is 32.2. The number of thioether (sulfide) groups is 1. The zero-order valence-electron chi connectivity index (χ0n) is 14.0. The van der Waals surface area contributed by atoms with Crippen molar-refractivity contribution in [2.24, 2.45) is 0 Å². The summed E-state index contributed by atoms with van der Waals surface area (Å²) in [6.45, 7) is 3.46. The Morgan fingerprint density at radius 3 is 2.52 bits per heavy atom. The van der Waals surface area contributed by atoms with Crippen LogP contribution in [-0.4, -0.2) is 31.2 Å². The number of nitrogens with zero attached hydrogens (tertiary/aromatic N) is 2. The first-order valence-corrected chi connectivity index (χ1v) is 9.88. The molecule has 1 aromatic carbocycles. The van der Waals surface area contributed by atoms with Gasteiger partial charge < -0.3 is 0 Å². The van der Waals surface area contributed by atoms with E-state index in [1.165, 1.54) is 23.9 Å². The van der Waals surface area contributed by atoms with Gasteiger partial charge in [-0.2, -0.15) is 8.42 Å². The molecule has 5 nitrogen and oxygen atoms in total. The van der Waals surface area contributed by atoms with E-state index in [9.17, 15) is 8.42 Å². The van der Waals surface area contributed by atoms with Crippen molar-refractivity contribution in [2.75, 3.05) is 12.9 Å². The van der Waals surface area contributed by atoms with Crippen molar-refractivity contribution in [2.45, 2.75) is 23.9 Å². The van der Waals surface area contributed by atoms with E-state index < -0.39 is 10.1 Å². The van der Waals surface area contributed by atoms with Crippen LogP contribution in [0, 0.1) is 37.5 Å². The van der Waals surface area contributed by atoms with Gasteiger partial charge in [-0.3, -0.25) is 4.18 Å². The molecule has 0 spiro atoms. The summed E-state index contributed by atoms with van der Waals surface area (Å²) in [7, 11) is -3.80. The summed E-state index contributed by atoms with van der Waals surface area (Å²) >= 11 is 1.46. The third-order valence-corrected chi connectivity index (χ3v) is 4.92. The lowest BCUT2D eigenvalue weighted by molar-refractivity contribution is 0.363. The Balaban J connectivity index is 1.97. The van der Waals surface area contributed by atoms with Crippen molar-refractivity contribution in [1.29, 1.82) is 0 Å². The summed E-state index contributed by atoms with van der Waals surface area (Å²) in [6.07, 6.45) is 3.54. The van der Waals surface area contributed by atoms with E-state index in [4.69, 9.17) is 4.18 Å². The zero-order valence-corrected chi connectivity index (χ0v) is 15.7. The van der Waals surface area contributed by atoms with Crippen molar-refractivity contribution in [3.05, 3.63) is 47.3 Å². The highest BCUT2D eigenvalue weighted by molar-refractivity contribution is 7.98. The second-order valence-corrected chi connectivity index (χ2v) is 7.33. The number of hydrogen-bond donors (Lipinski definition) is 0. The fourth-order valence-electron chi connectivity index (χ4n) is 1.73. The van der Waals surface area contributed by atoms with Crippen LogP contribution in [0.3, 0.4) is 0 Å². The molecule has 25 heavy (non-hydrogen) atoms. The third-order valence-electron chi connectivity index (χ3n) is 3.08. The summed E-state index contributed by atoms with van der Waals surface area (Å²) in [4.78, 5) is 8.52. The van der Waals surface area contributed by atoms with Crippen LogP contribution in [-0.2, 0) is 14.3 Å². The van der Waals surface area contributed by atoms with Gasteiger partial charge in [-0.05, 0) is 50.0 Å². The van der Waals surface area contributed by atoms with Gasteiger partial charge in [0.2, 0.25) is 0 Å². The molecule has 2 aromatic rings. The van der Waals surface area contributed by atoms with Gasteiger partial charge in [0.25, 0.3) is 10.1 Å². The summed E-state index contributed by atoms with van der Waals surface area (Å²) in [5.74, 6) is 10.6. The molecule has 2 rings (SSSR count). The molecule has 0 aliphatic carbocycles. The van der Waals surface area contributed by atoms with E-state index in [-0.39, 0.29) is 11.5 Å². The summed E-state index contributed by atoms with van der Waals surface area (Å²) in [6, 6.07) is 6.41. The van der Waals surface area contributed by atoms with Crippen LogP contribution in [0.2, 0.25) is 0 Å². The van der Waals surface area contributed by atoms with Crippen molar-refractivity contribution >= 4 is 21.9 Å². The van der Waals surface area contributed by atoms with E-state index in [2.05, 4.69) is 33.6 Å². The summed E-state index contributed by atoms with van der Waals surface area (Å²) in [5.41, 5.74) is 2.42. The number of benzene rings is 1. The Kier molecular flexibility index (Phi) is 6.60. The molecular formula is C18H16N2O3S2. The van der Waals surface area contributed by atoms with Gasteiger partial charge in [-0.25, -0.2) is 9.97 Å². The minimum absolute atomic E-state index is 0.104. The van der Waals surface area contributed by atoms with Crippen LogP contribution in [0.15, 0.2) is 40.5 Å². The van der Waals surface area contributed by atoms with Gasteiger partial charge in [0.15, 0.2) is 5.16 Å². The molecule has 0 bridgehead atoms. The molecule has 7 heteroatoms. The van der Waals surface area contributed by atoms with Crippen LogP contribution in [0.5, 0.6) is 0 Å². The average Bonchev–Trinajstić information content (AvgIpc) is 2.59. The van der Waals surface area contributed by atoms with Crippen molar-refractivity contribution in [3.63, 3.8) is 0 Å². The lowest BCUT2D eigenvalue weighted by Gasteiger charge is -2.02. The monoisotopic (exact) mass is 372 g/mol. The maximum atomic E-state index is 12.0. The van der Waals surface area contributed by atoms with Gasteiger partial charge >= 0.3 is 0 Å². The standard InChI is InChI=1S/C18H16N2O3S2/c1-14-8-10-17(11-9-14)25(21,22)23-12-6-4-5-7-16-13-19-18(24-3)20-15(16)2/h8-11,13H,12H2,1-3H3. The Bertz CT molecular complexity index is 977. The van der Waals surface area contributed by atoms with E-state index in [1.54, 1.807) is 18.3 Å². The van der Waals surface area contributed by atoms with Gasteiger partial charge in [0.1, 0.15) is 6.61 Å². The molecule has 0 atom stereocenters. The second-order valence-electron chi connectivity index (χ2n) is 4.94. The molecule has 0 fully saturated rings. The van der Waals surface area contributed by atoms with Crippen molar-refractivity contribution < 1.29 is 12.6 Å². The number of aryl methyl sites for hydroxylation is 2. The van der Waals surface area contributed by atoms with Crippen LogP contribution in [0.25, 0.3) is 0 Å². The first kappa shape index (κ1) is 19.0. The lowest BCUT2D eigenvalue weighted by atomic mass is 10.2. The molecule has 1 heterocycles. The predicted molar refractivity (Wildman–Crippen MR) is 97.5 cm³/mol. The van der Waals surface area contributed by atoms with E-state index in [0.29, 0.717) is 10.7 Å². The lowest BCUT2D eigenvalue weighted by Crippen LogP contribution is -2.06. The van der Waals surface area contributed by atoms with E-state index >= 15 is 0 Å². The Hall–Kier alpha value is -2.32. The third kappa shape index (κ3) is 5.61. The SMILES string of the molecule is CSc1ncc(C#CC#CCOS(=O)(=O)c2ccc(C)cc2)c(C)n1. The quantitative estimate of drug-likeness (QED) is 0.356. The molecule has 0 unspecified atom stereocenters. The van der Waals surface area contributed by atoms with E-state index in [1.807, 2.05) is 20.1 Å². The number of rotatable bonds is 4. The highest BCUT2D eigenvalue weighted by Crippen LogP contribution is 2.13. The number of aromatic nitrogens is 2. The van der Waals surface area contributed by atoms with Crippen LogP contribution in [0.1, 0.15) is 16.8 Å². The average molecular weight is 372 g/mol. The topological polar surface area (TPSA) is 69.2 Å². The minimum atomic E-state index is -3.80. The fraction of sp³-hybridized carbons (Fsp3) is 0.222. The Labute approximate surface area is 152 Å². The van der Waals surface area contributed by atoms with Gasteiger partial charge in [-0.15, -0.1) is 0 Å². The maximum Gasteiger partial charge on any atom is 0.297 e. The van der Waals surface area contributed by atoms with Crippen molar-refractivity contribution in [3.8, 4) is 23.7 Å². The molecule has 0 aliphatic heterocycles. The minimum Gasteiger partial charge on any atom is -0.253 e. The number of hydrogen-bond acceptors (Lipinski definition) is 6. The predicted octanol–water partition coefficient (Wildman–Crippen LogP) is 2.58. The van der Waals surface area contributed by atoms with Crippen LogP contribution >= 0.6 is 11.8 Å². The molecule has 0 amide bonds. The zero-order chi connectivity index (χ0) is 18.3. The fourth-order valence-corrected chi connectivity index (χ4v) is 2.93. The molecule has 0 N–H and O–H groups in total. The van der Waals surface area contributed by atoms with Crippen molar-refractivity contribution in [1.82, 2.24) is 9.97 Å². The molecule has 0 saturated heterocycles. The Morgan fingerprint density at radius 1 is 1.16 bits per heavy atom. The molecular weight excluding hydrogens is 356 g/mol. The van der Waals surface area contributed by atoms with Crippen LogP contribution in [0.4, 0.5) is 0 Å². The highest BCUT2D eigenvalue weighted by Gasteiger charge is 2.13. The maximum absolute atomic E-state index is 12.0. The smallest absolute Gasteiger partial charge is 0.253 e. The molecule has 1 aromatic heterocycles. The molecule has 0 aliphatic rings. The second kappa shape index (κ2) is 8.68. The summed E-state index contributed by atoms with van der Waals surface area (Å²) < 4.78 is 28.8. The van der Waals surface area contributed by atoms with E-state index in [0.717, 1.165) is 11.3 Å². The summed E-state index contributed by atoms with van der Waals surface area (Å²) in [5, 5.41) is 0.684. The largest absolute Gasteiger partial charge is 0.297 e. The van der Waals surface area contributed by atoms with Gasteiger partial charge in [0.05, 0.1) is 16.2 Å². The molecule has 0 saturated carbocycles.